The summed E-state index contributed by atoms with van der Waals surface area (Å²) in [4.78, 5) is 24.1. The molecule has 6 heteroatoms. The Bertz CT molecular complexity index is 753. The fourth-order valence-corrected chi connectivity index (χ4v) is 3.87. The lowest BCUT2D eigenvalue weighted by atomic mass is 9.98. The van der Waals surface area contributed by atoms with Gasteiger partial charge in [0.05, 0.1) is 12.7 Å². The van der Waals surface area contributed by atoms with E-state index in [9.17, 15) is 14.9 Å². The third kappa shape index (κ3) is 9.25. The van der Waals surface area contributed by atoms with Crippen molar-refractivity contribution >= 4 is 11.9 Å². The molecule has 2 N–H and O–H groups in total. The molecule has 1 saturated carbocycles. The largest absolute Gasteiger partial charge is 0.465 e. The van der Waals surface area contributed by atoms with Gasteiger partial charge in [0, 0.05) is 18.8 Å². The minimum atomic E-state index is -0.380. The summed E-state index contributed by atoms with van der Waals surface area (Å²) < 4.78 is 4.69. The van der Waals surface area contributed by atoms with Crippen LogP contribution < -0.4 is 10.6 Å². The van der Waals surface area contributed by atoms with Crippen LogP contribution in [0.15, 0.2) is 36.0 Å². The van der Waals surface area contributed by atoms with Crippen LogP contribution in [0.3, 0.4) is 0 Å². The highest BCUT2D eigenvalue weighted by Crippen LogP contribution is 2.17. The second-order valence-electron chi connectivity index (χ2n) is 8.17. The lowest BCUT2D eigenvalue weighted by Crippen LogP contribution is -2.36. The predicted octanol–water partition coefficient (Wildman–Crippen LogP) is 4.76. The summed E-state index contributed by atoms with van der Waals surface area (Å²) in [6.07, 6.45) is 14.6. The van der Waals surface area contributed by atoms with Crippen LogP contribution in [-0.4, -0.2) is 25.0 Å². The molecule has 2 rings (SSSR count). The topological polar surface area (TPSA) is 91.2 Å². The van der Waals surface area contributed by atoms with Crippen molar-refractivity contribution in [3.8, 4) is 6.07 Å². The van der Waals surface area contributed by atoms with E-state index in [1.807, 2.05) is 18.2 Å². The van der Waals surface area contributed by atoms with Gasteiger partial charge >= 0.3 is 5.97 Å². The third-order valence-electron chi connectivity index (χ3n) is 5.73. The van der Waals surface area contributed by atoms with Crippen molar-refractivity contribution in [3.63, 3.8) is 0 Å². The maximum Gasteiger partial charge on any atom is 0.337 e. The zero-order valence-electron chi connectivity index (χ0n) is 18.6. The summed E-state index contributed by atoms with van der Waals surface area (Å²) in [6.45, 7) is 0.448. The van der Waals surface area contributed by atoms with Gasteiger partial charge in [0.2, 0.25) is 0 Å². The summed E-state index contributed by atoms with van der Waals surface area (Å²) in [6, 6.07) is 9.13. The molecule has 0 atom stereocenters. The summed E-state index contributed by atoms with van der Waals surface area (Å²) in [5, 5.41) is 15.5. The number of methoxy groups -OCH3 is 1. The molecule has 1 aliphatic rings. The maximum absolute atomic E-state index is 12.6. The van der Waals surface area contributed by atoms with Crippen molar-refractivity contribution in [1.29, 1.82) is 5.26 Å². The van der Waals surface area contributed by atoms with E-state index in [1.54, 1.807) is 12.1 Å². The van der Waals surface area contributed by atoms with Crippen LogP contribution in [0, 0.1) is 11.3 Å². The van der Waals surface area contributed by atoms with E-state index in [0.717, 1.165) is 31.2 Å². The van der Waals surface area contributed by atoms with Crippen molar-refractivity contribution in [2.45, 2.75) is 83.2 Å². The van der Waals surface area contributed by atoms with E-state index in [0.29, 0.717) is 12.1 Å². The smallest absolute Gasteiger partial charge is 0.337 e. The van der Waals surface area contributed by atoms with Gasteiger partial charge in [-0.1, -0.05) is 69.9 Å². The second kappa shape index (κ2) is 14.2. The summed E-state index contributed by atoms with van der Waals surface area (Å²) in [5.74, 6) is -0.692. The molecule has 0 radical (unpaired) electrons. The molecular weight excluding hydrogens is 390 g/mol. The van der Waals surface area contributed by atoms with Crippen molar-refractivity contribution in [3.05, 3.63) is 47.2 Å². The third-order valence-corrected chi connectivity index (χ3v) is 5.73. The number of hydrogen-bond donors (Lipinski definition) is 2. The van der Waals surface area contributed by atoms with E-state index in [4.69, 9.17) is 0 Å². The number of benzene rings is 1. The molecule has 0 bridgehead atoms. The number of nitrogens with one attached hydrogen (secondary N) is 2. The lowest BCUT2D eigenvalue weighted by molar-refractivity contribution is -0.117. The number of nitrogens with zero attached hydrogens (tertiary/aromatic N) is 1. The van der Waals surface area contributed by atoms with Crippen LogP contribution >= 0.6 is 0 Å². The zero-order chi connectivity index (χ0) is 22.3. The normalized spacial score (nSPS) is 16.8. The van der Waals surface area contributed by atoms with Crippen LogP contribution in [0.25, 0.3) is 0 Å². The number of amides is 1. The van der Waals surface area contributed by atoms with E-state index < -0.39 is 0 Å². The molecule has 6 nitrogen and oxygen atoms in total. The van der Waals surface area contributed by atoms with Gasteiger partial charge in [-0.25, -0.2) is 4.79 Å². The summed E-state index contributed by atoms with van der Waals surface area (Å²) in [7, 11) is 1.35. The number of nitriles is 1. The van der Waals surface area contributed by atoms with E-state index in [1.165, 1.54) is 58.3 Å². The Morgan fingerprint density at radius 1 is 1.00 bits per heavy atom. The average Bonchev–Trinajstić information content (AvgIpc) is 2.78. The minimum Gasteiger partial charge on any atom is -0.465 e. The zero-order valence-corrected chi connectivity index (χ0v) is 18.6. The molecule has 1 aliphatic carbocycles. The highest BCUT2D eigenvalue weighted by atomic mass is 16.5. The maximum atomic E-state index is 12.6. The van der Waals surface area contributed by atoms with Gasteiger partial charge < -0.3 is 15.4 Å². The van der Waals surface area contributed by atoms with Gasteiger partial charge in [-0.05, 0) is 30.5 Å². The van der Waals surface area contributed by atoms with Crippen molar-refractivity contribution in [2.24, 2.45) is 0 Å². The first-order valence-corrected chi connectivity index (χ1v) is 11.5. The molecule has 31 heavy (non-hydrogen) atoms. The molecule has 0 saturated heterocycles. The molecule has 1 aromatic carbocycles. The molecule has 0 aliphatic heterocycles. The lowest BCUT2D eigenvalue weighted by Gasteiger charge is -2.19. The molecule has 0 aromatic heterocycles. The molecular formula is C25H35N3O3. The summed E-state index contributed by atoms with van der Waals surface area (Å²) in [5.41, 5.74) is 1.49. The van der Waals surface area contributed by atoms with Crippen LogP contribution in [0.4, 0.5) is 0 Å². The molecule has 1 amide bonds. The van der Waals surface area contributed by atoms with Crippen LogP contribution in [0.2, 0.25) is 0 Å². The fraction of sp³-hybridized carbons (Fsp3) is 0.560. The standard InChI is InChI=1S/C25H35N3O3/c1-31-25(30)21-15-13-20(14-16-21)18-27-19-22(17-26)24(29)28-23-11-9-7-5-3-2-4-6-8-10-12-23/h13-16,19,23,27H,2-12,18H2,1H3,(H,28,29)/b22-19-. The molecule has 1 fully saturated rings. The summed E-state index contributed by atoms with van der Waals surface area (Å²) >= 11 is 0. The number of rotatable bonds is 6. The number of ether oxygens (including phenoxy) is 1. The SMILES string of the molecule is COC(=O)c1ccc(CN/C=C(/C#N)C(=O)NC2CCCCCCCCCCC2)cc1. The number of carbonyl (C=O) groups is 2. The highest BCUT2D eigenvalue weighted by molar-refractivity contribution is 5.97. The van der Waals surface area contributed by atoms with Crippen molar-refractivity contribution < 1.29 is 14.3 Å². The van der Waals surface area contributed by atoms with Gasteiger partial charge in [0.15, 0.2) is 0 Å². The minimum absolute atomic E-state index is 0.0808. The van der Waals surface area contributed by atoms with E-state index in [2.05, 4.69) is 15.4 Å². The van der Waals surface area contributed by atoms with E-state index in [-0.39, 0.29) is 23.5 Å². The van der Waals surface area contributed by atoms with Gasteiger partial charge in [0.25, 0.3) is 5.91 Å². The van der Waals surface area contributed by atoms with Gasteiger partial charge in [-0.15, -0.1) is 0 Å². The monoisotopic (exact) mass is 425 g/mol. The van der Waals surface area contributed by atoms with Gasteiger partial charge in [-0.3, -0.25) is 4.79 Å². The Balaban J connectivity index is 1.86. The number of carbonyl (C=O) groups excluding carboxylic acids is 2. The average molecular weight is 426 g/mol. The van der Waals surface area contributed by atoms with Gasteiger partial charge in [0.1, 0.15) is 11.6 Å². The Morgan fingerprint density at radius 3 is 2.06 bits per heavy atom. The van der Waals surface area contributed by atoms with Crippen LogP contribution in [-0.2, 0) is 16.1 Å². The predicted molar refractivity (Wildman–Crippen MR) is 121 cm³/mol. The molecule has 1 aromatic rings. The Hall–Kier alpha value is -2.81. The number of hydrogen-bond acceptors (Lipinski definition) is 5. The van der Waals surface area contributed by atoms with Crippen LogP contribution in [0.5, 0.6) is 0 Å². The van der Waals surface area contributed by atoms with Crippen molar-refractivity contribution in [1.82, 2.24) is 10.6 Å². The van der Waals surface area contributed by atoms with Gasteiger partial charge in [-0.2, -0.15) is 5.26 Å². The second-order valence-corrected chi connectivity index (χ2v) is 8.17. The quantitative estimate of drug-likeness (QED) is 0.389. The Morgan fingerprint density at radius 2 is 1.55 bits per heavy atom. The Labute approximate surface area is 186 Å². The van der Waals surface area contributed by atoms with Crippen LogP contribution in [0.1, 0.15) is 86.6 Å². The molecule has 0 heterocycles. The number of esters is 1. The first kappa shape index (κ1) is 24.5. The fourth-order valence-electron chi connectivity index (χ4n) is 3.87. The van der Waals surface area contributed by atoms with Crippen molar-refractivity contribution in [2.75, 3.05) is 7.11 Å². The first-order valence-electron chi connectivity index (χ1n) is 11.5. The first-order chi connectivity index (χ1) is 15.1. The molecule has 168 valence electrons. The Kier molecular flexibility index (Phi) is 11.2. The molecule has 0 spiro atoms. The molecule has 0 unspecified atom stereocenters. The van der Waals surface area contributed by atoms with E-state index >= 15 is 0 Å². The highest BCUT2D eigenvalue weighted by Gasteiger charge is 2.16.